The first-order valence-corrected chi connectivity index (χ1v) is 4.33. The normalized spacial score (nSPS) is 10.4. The van der Waals surface area contributed by atoms with Gasteiger partial charge in [-0.05, 0) is 30.7 Å². The van der Waals surface area contributed by atoms with Crippen molar-refractivity contribution in [3.8, 4) is 5.69 Å². The van der Waals surface area contributed by atoms with Crippen LogP contribution >= 0.6 is 0 Å². The predicted octanol–water partition coefficient (Wildman–Crippen LogP) is 1.35. The molecular weight excluding hydrogens is 176 g/mol. The second-order valence-electron chi connectivity index (χ2n) is 3.28. The van der Waals surface area contributed by atoms with Gasteiger partial charge in [0.15, 0.2) is 0 Å². The molecule has 72 valence electrons. The van der Waals surface area contributed by atoms with Crippen LogP contribution in [0.3, 0.4) is 0 Å². The van der Waals surface area contributed by atoms with Gasteiger partial charge in [0.1, 0.15) is 0 Å². The molecule has 4 nitrogen and oxygen atoms in total. The van der Waals surface area contributed by atoms with Crippen molar-refractivity contribution < 1.29 is 0 Å². The van der Waals surface area contributed by atoms with Crippen molar-refractivity contribution in [3.63, 3.8) is 0 Å². The maximum Gasteiger partial charge on any atom is 0.0667 e. The molecule has 2 aromatic rings. The van der Waals surface area contributed by atoms with Crippen LogP contribution in [0.25, 0.3) is 5.69 Å². The van der Waals surface area contributed by atoms with Crippen molar-refractivity contribution >= 4 is 11.4 Å². The minimum absolute atomic E-state index is 0.579. The van der Waals surface area contributed by atoms with Crippen LogP contribution in [0.4, 0.5) is 11.4 Å². The number of nitrogen functional groups attached to an aromatic ring is 2. The molecule has 0 amide bonds. The van der Waals surface area contributed by atoms with Gasteiger partial charge in [0.25, 0.3) is 0 Å². The second-order valence-corrected chi connectivity index (χ2v) is 3.28. The number of aromatic nitrogens is 2. The fourth-order valence-corrected chi connectivity index (χ4v) is 1.26. The Labute approximate surface area is 82.1 Å². The number of hydrogen-bond donors (Lipinski definition) is 2. The van der Waals surface area contributed by atoms with E-state index in [1.54, 1.807) is 16.9 Å². The highest BCUT2D eigenvalue weighted by Gasteiger charge is 2.00. The molecule has 0 atom stereocenters. The Balaban J connectivity index is 2.47. The van der Waals surface area contributed by atoms with E-state index < -0.39 is 0 Å². The van der Waals surface area contributed by atoms with E-state index in [4.69, 9.17) is 11.5 Å². The van der Waals surface area contributed by atoms with Gasteiger partial charge in [0.05, 0.1) is 23.3 Å². The molecule has 1 heterocycles. The van der Waals surface area contributed by atoms with Crippen LogP contribution in [-0.4, -0.2) is 9.78 Å². The molecular formula is C10H12N4. The lowest BCUT2D eigenvalue weighted by atomic mass is 10.2. The first-order chi connectivity index (χ1) is 6.66. The van der Waals surface area contributed by atoms with E-state index in [0.717, 1.165) is 11.3 Å². The first-order valence-electron chi connectivity index (χ1n) is 4.33. The van der Waals surface area contributed by atoms with Gasteiger partial charge in [0.2, 0.25) is 0 Å². The van der Waals surface area contributed by atoms with E-state index in [0.29, 0.717) is 11.4 Å². The van der Waals surface area contributed by atoms with E-state index in [1.807, 2.05) is 25.3 Å². The van der Waals surface area contributed by atoms with E-state index in [2.05, 4.69) is 5.10 Å². The van der Waals surface area contributed by atoms with Gasteiger partial charge in [-0.2, -0.15) is 5.10 Å². The highest BCUT2D eigenvalue weighted by Crippen LogP contribution is 2.18. The summed E-state index contributed by atoms with van der Waals surface area (Å²) in [7, 11) is 0. The smallest absolute Gasteiger partial charge is 0.0667 e. The zero-order valence-electron chi connectivity index (χ0n) is 7.94. The Hall–Kier alpha value is -1.97. The monoisotopic (exact) mass is 188 g/mol. The maximum absolute atomic E-state index is 5.70. The molecule has 0 radical (unpaired) electrons. The van der Waals surface area contributed by atoms with Crippen LogP contribution in [0.1, 0.15) is 5.56 Å². The summed E-state index contributed by atoms with van der Waals surface area (Å²) in [5.74, 6) is 0. The third kappa shape index (κ3) is 1.42. The summed E-state index contributed by atoms with van der Waals surface area (Å²) in [4.78, 5) is 0. The molecule has 0 aliphatic rings. The zero-order valence-corrected chi connectivity index (χ0v) is 7.94. The third-order valence-corrected chi connectivity index (χ3v) is 2.05. The Morgan fingerprint density at radius 2 is 2.00 bits per heavy atom. The van der Waals surface area contributed by atoms with Gasteiger partial charge < -0.3 is 11.5 Å². The number of hydrogen-bond acceptors (Lipinski definition) is 3. The summed E-state index contributed by atoms with van der Waals surface area (Å²) in [5.41, 5.74) is 14.5. The van der Waals surface area contributed by atoms with Gasteiger partial charge in [-0.25, -0.2) is 4.68 Å². The van der Waals surface area contributed by atoms with Gasteiger partial charge in [-0.3, -0.25) is 0 Å². The van der Waals surface area contributed by atoms with Crippen LogP contribution in [0.5, 0.6) is 0 Å². The summed E-state index contributed by atoms with van der Waals surface area (Å²) in [6.07, 6.45) is 3.73. The molecule has 0 unspecified atom stereocenters. The lowest BCUT2D eigenvalue weighted by molar-refractivity contribution is 0.881. The second kappa shape index (κ2) is 3.06. The van der Waals surface area contributed by atoms with E-state index in [-0.39, 0.29) is 0 Å². The van der Waals surface area contributed by atoms with Crippen LogP contribution in [0, 0.1) is 6.92 Å². The van der Waals surface area contributed by atoms with Crippen LogP contribution < -0.4 is 11.5 Å². The number of nitrogens with two attached hydrogens (primary N) is 2. The van der Waals surface area contributed by atoms with E-state index in [9.17, 15) is 0 Å². The average molecular weight is 188 g/mol. The summed E-state index contributed by atoms with van der Waals surface area (Å²) < 4.78 is 1.77. The van der Waals surface area contributed by atoms with Crippen molar-refractivity contribution in [1.29, 1.82) is 0 Å². The molecule has 0 saturated heterocycles. The number of rotatable bonds is 1. The highest BCUT2D eigenvalue weighted by molar-refractivity contribution is 5.66. The van der Waals surface area contributed by atoms with E-state index >= 15 is 0 Å². The average Bonchev–Trinajstić information content (AvgIpc) is 2.57. The molecule has 1 aromatic carbocycles. The van der Waals surface area contributed by atoms with Crippen molar-refractivity contribution in [2.45, 2.75) is 6.92 Å². The molecule has 4 heteroatoms. The molecule has 0 aliphatic carbocycles. The standard InChI is InChI=1S/C10H12N4/c1-7-5-13-14(6-7)8-2-3-9(11)10(12)4-8/h2-6H,11-12H2,1H3. The molecule has 1 aromatic heterocycles. The molecule has 2 rings (SSSR count). The van der Waals surface area contributed by atoms with Gasteiger partial charge >= 0.3 is 0 Å². The Bertz CT molecular complexity index is 459. The number of anilines is 2. The predicted molar refractivity (Wildman–Crippen MR) is 57.1 cm³/mol. The fraction of sp³-hybridized carbons (Fsp3) is 0.100. The summed E-state index contributed by atoms with van der Waals surface area (Å²) in [5, 5.41) is 4.18. The quantitative estimate of drug-likeness (QED) is 0.663. The minimum atomic E-state index is 0.579. The van der Waals surface area contributed by atoms with Gasteiger partial charge in [-0.15, -0.1) is 0 Å². The lowest BCUT2D eigenvalue weighted by Crippen LogP contribution is -1.99. The maximum atomic E-state index is 5.70. The minimum Gasteiger partial charge on any atom is -0.397 e. The molecule has 0 spiro atoms. The fourth-order valence-electron chi connectivity index (χ4n) is 1.26. The number of aryl methyl sites for hydroxylation is 1. The lowest BCUT2D eigenvalue weighted by Gasteiger charge is -2.04. The Morgan fingerprint density at radius 3 is 2.57 bits per heavy atom. The molecule has 0 saturated carbocycles. The van der Waals surface area contributed by atoms with Crippen molar-refractivity contribution in [1.82, 2.24) is 9.78 Å². The molecule has 4 N–H and O–H groups in total. The van der Waals surface area contributed by atoms with E-state index in [1.165, 1.54) is 0 Å². The third-order valence-electron chi connectivity index (χ3n) is 2.05. The molecule has 0 fully saturated rings. The SMILES string of the molecule is Cc1cnn(-c2ccc(N)c(N)c2)c1. The number of benzene rings is 1. The van der Waals surface area contributed by atoms with Crippen LogP contribution in [-0.2, 0) is 0 Å². The summed E-state index contributed by atoms with van der Waals surface area (Å²) in [6, 6.07) is 5.47. The first kappa shape index (κ1) is 8.62. The molecule has 0 aliphatic heterocycles. The van der Waals surface area contributed by atoms with Crippen molar-refractivity contribution in [3.05, 3.63) is 36.2 Å². The largest absolute Gasteiger partial charge is 0.397 e. The zero-order chi connectivity index (χ0) is 10.1. The van der Waals surface area contributed by atoms with Crippen LogP contribution in [0.15, 0.2) is 30.6 Å². The highest BCUT2D eigenvalue weighted by atomic mass is 15.3. The number of nitrogens with zero attached hydrogens (tertiary/aromatic N) is 2. The Kier molecular flexibility index (Phi) is 1.89. The molecule has 14 heavy (non-hydrogen) atoms. The Morgan fingerprint density at radius 1 is 1.21 bits per heavy atom. The topological polar surface area (TPSA) is 69.9 Å². The summed E-state index contributed by atoms with van der Waals surface area (Å²) in [6.45, 7) is 1.99. The van der Waals surface area contributed by atoms with Gasteiger partial charge in [-0.1, -0.05) is 0 Å². The molecule has 0 bridgehead atoms. The van der Waals surface area contributed by atoms with Crippen molar-refractivity contribution in [2.24, 2.45) is 0 Å². The van der Waals surface area contributed by atoms with Crippen LogP contribution in [0.2, 0.25) is 0 Å². The van der Waals surface area contributed by atoms with Crippen molar-refractivity contribution in [2.75, 3.05) is 11.5 Å². The summed E-state index contributed by atoms with van der Waals surface area (Å²) >= 11 is 0. The van der Waals surface area contributed by atoms with Gasteiger partial charge in [0, 0.05) is 6.20 Å².